The lowest BCUT2D eigenvalue weighted by molar-refractivity contribution is -0.136. The average Bonchev–Trinajstić information content (AvgIpc) is 3.14. The van der Waals surface area contributed by atoms with E-state index in [-0.39, 0.29) is 10.5 Å². The van der Waals surface area contributed by atoms with Crippen molar-refractivity contribution in [3.63, 3.8) is 0 Å². The van der Waals surface area contributed by atoms with Crippen molar-refractivity contribution in [2.45, 2.75) is 10.9 Å². The Bertz CT molecular complexity index is 1100. The van der Waals surface area contributed by atoms with E-state index in [1.807, 2.05) is 6.07 Å². The molecule has 0 spiro atoms. The summed E-state index contributed by atoms with van der Waals surface area (Å²) >= 11 is 0. The smallest absolute Gasteiger partial charge is 0.264 e. The number of hydrogen-bond acceptors (Lipinski definition) is 5. The first kappa shape index (κ1) is 18.3. The van der Waals surface area contributed by atoms with Crippen LogP contribution in [0.4, 0.5) is 0 Å². The molecule has 4 rings (SSSR count). The molecule has 0 bridgehead atoms. The van der Waals surface area contributed by atoms with Gasteiger partial charge in [0.15, 0.2) is 0 Å². The van der Waals surface area contributed by atoms with E-state index in [9.17, 15) is 23.1 Å². The minimum atomic E-state index is -3.99. The van der Waals surface area contributed by atoms with Crippen LogP contribution < -0.4 is 0 Å². The number of carbonyl (C=O) groups is 2. The van der Waals surface area contributed by atoms with Crippen LogP contribution in [0.2, 0.25) is 0 Å². The number of aliphatic hydroxyl groups excluding tert-OH is 1. The van der Waals surface area contributed by atoms with Crippen molar-refractivity contribution < 1.29 is 23.1 Å². The largest absolute Gasteiger partial charge is 0.392 e. The molecule has 142 valence electrons. The monoisotopic (exact) mass is 395 g/mol. The summed E-state index contributed by atoms with van der Waals surface area (Å²) in [5.74, 6) is -2.39. The molecule has 2 aromatic rings. The van der Waals surface area contributed by atoms with E-state index >= 15 is 0 Å². The number of Topliss-reactive ketones (excluding diaryl/α,β-unsaturated/α-hetero) is 1. The van der Waals surface area contributed by atoms with E-state index in [0.29, 0.717) is 11.1 Å². The normalized spacial score (nSPS) is 22.0. The standard InChI is InChI=1S/C21H17NO5S/c23-13-15-11-18(24)21(25)19-17(14-7-3-1-4-8-14)12-22(20(15)19)28(26,27)16-9-5-2-6-10-16/h1-12,19-20,23H,13H2. The molecule has 1 heterocycles. The zero-order valence-electron chi connectivity index (χ0n) is 14.7. The molecule has 7 heteroatoms. The molecule has 2 aliphatic rings. The van der Waals surface area contributed by atoms with Gasteiger partial charge in [-0.2, -0.15) is 0 Å². The third kappa shape index (κ3) is 2.80. The van der Waals surface area contributed by atoms with E-state index in [0.717, 1.165) is 10.4 Å². The Morgan fingerprint density at radius 3 is 2.14 bits per heavy atom. The van der Waals surface area contributed by atoms with Gasteiger partial charge in [-0.25, -0.2) is 8.42 Å². The highest BCUT2D eigenvalue weighted by Gasteiger charge is 2.50. The summed E-state index contributed by atoms with van der Waals surface area (Å²) in [5, 5.41) is 9.78. The molecule has 2 unspecified atom stereocenters. The number of benzene rings is 2. The molecule has 28 heavy (non-hydrogen) atoms. The fraction of sp³-hybridized carbons (Fsp3) is 0.143. The van der Waals surface area contributed by atoms with Gasteiger partial charge >= 0.3 is 0 Å². The Kier molecular flexibility index (Phi) is 4.49. The summed E-state index contributed by atoms with van der Waals surface area (Å²) in [7, 11) is -3.99. The lowest BCUT2D eigenvalue weighted by Gasteiger charge is -2.32. The Morgan fingerprint density at radius 1 is 0.929 bits per heavy atom. The van der Waals surface area contributed by atoms with Crippen LogP contribution in [0.5, 0.6) is 0 Å². The third-order valence-corrected chi connectivity index (χ3v) is 6.78. The summed E-state index contributed by atoms with van der Waals surface area (Å²) in [6.07, 6.45) is 2.46. The van der Waals surface area contributed by atoms with Crippen molar-refractivity contribution in [2.24, 2.45) is 5.92 Å². The maximum atomic E-state index is 13.3. The third-order valence-electron chi connectivity index (χ3n) is 5.02. The number of rotatable bonds is 4. The first-order valence-corrected chi connectivity index (χ1v) is 10.1. The molecule has 0 radical (unpaired) electrons. The SMILES string of the molecule is O=C1C=C(CO)C2C(C1=O)C(c1ccccc1)=CN2S(=O)(=O)c1ccccc1. The van der Waals surface area contributed by atoms with Gasteiger partial charge in [-0.05, 0) is 34.9 Å². The average molecular weight is 395 g/mol. The molecule has 0 amide bonds. The van der Waals surface area contributed by atoms with Crippen LogP contribution in [0.1, 0.15) is 5.56 Å². The van der Waals surface area contributed by atoms with Crippen molar-refractivity contribution in [3.05, 3.63) is 84.1 Å². The van der Waals surface area contributed by atoms with E-state index in [1.54, 1.807) is 42.5 Å². The highest BCUT2D eigenvalue weighted by molar-refractivity contribution is 7.89. The first-order chi connectivity index (χ1) is 13.4. The second-order valence-electron chi connectivity index (χ2n) is 6.63. The molecule has 1 aliphatic carbocycles. The lowest BCUT2D eigenvalue weighted by Crippen LogP contribution is -2.46. The molecule has 2 atom stereocenters. The van der Waals surface area contributed by atoms with E-state index in [1.165, 1.54) is 18.3 Å². The van der Waals surface area contributed by atoms with Crippen molar-refractivity contribution in [1.82, 2.24) is 4.31 Å². The van der Waals surface area contributed by atoms with E-state index < -0.39 is 40.2 Å². The van der Waals surface area contributed by atoms with Gasteiger partial charge in [0, 0.05) is 6.20 Å². The Labute approximate surface area is 162 Å². The van der Waals surface area contributed by atoms with Crippen LogP contribution in [0.15, 0.2) is 83.4 Å². The molecule has 0 aromatic heterocycles. The quantitative estimate of drug-likeness (QED) is 0.797. The number of nitrogens with zero attached hydrogens (tertiary/aromatic N) is 1. The molecule has 0 saturated heterocycles. The van der Waals surface area contributed by atoms with Gasteiger partial charge in [0.1, 0.15) is 0 Å². The lowest BCUT2D eigenvalue weighted by atomic mass is 9.78. The molecule has 0 saturated carbocycles. The first-order valence-electron chi connectivity index (χ1n) is 8.70. The maximum Gasteiger partial charge on any atom is 0.264 e. The van der Waals surface area contributed by atoms with Crippen molar-refractivity contribution >= 4 is 27.2 Å². The number of ketones is 2. The topological polar surface area (TPSA) is 91.8 Å². The van der Waals surface area contributed by atoms with E-state index in [2.05, 4.69) is 0 Å². The zero-order valence-corrected chi connectivity index (χ0v) is 15.5. The summed E-state index contributed by atoms with van der Waals surface area (Å²) in [6, 6.07) is 15.8. The van der Waals surface area contributed by atoms with Crippen LogP contribution in [0, 0.1) is 5.92 Å². The highest BCUT2D eigenvalue weighted by atomic mass is 32.2. The molecule has 1 N–H and O–H groups in total. The van der Waals surface area contributed by atoms with Gasteiger partial charge in [0.2, 0.25) is 11.6 Å². The number of sulfonamides is 1. The van der Waals surface area contributed by atoms with Gasteiger partial charge in [-0.3, -0.25) is 13.9 Å². The number of allylic oxidation sites excluding steroid dienone is 1. The summed E-state index contributed by atoms with van der Waals surface area (Å²) in [4.78, 5) is 25.0. The Morgan fingerprint density at radius 2 is 1.54 bits per heavy atom. The summed E-state index contributed by atoms with van der Waals surface area (Å²) in [5.41, 5.74) is 1.31. The fourth-order valence-electron chi connectivity index (χ4n) is 3.71. The second kappa shape index (κ2) is 6.85. The molecule has 0 fully saturated rings. The van der Waals surface area contributed by atoms with Gasteiger partial charge < -0.3 is 5.11 Å². The van der Waals surface area contributed by atoms with Crippen LogP contribution in [0.25, 0.3) is 5.57 Å². The molecular weight excluding hydrogens is 378 g/mol. The van der Waals surface area contributed by atoms with Crippen LogP contribution in [-0.2, 0) is 19.6 Å². The van der Waals surface area contributed by atoms with Crippen LogP contribution in [0.3, 0.4) is 0 Å². The Hall–Kier alpha value is -3.03. The molecule has 1 aliphatic heterocycles. The predicted octanol–water partition coefficient (Wildman–Crippen LogP) is 1.79. The van der Waals surface area contributed by atoms with E-state index in [4.69, 9.17) is 0 Å². The summed E-state index contributed by atoms with van der Waals surface area (Å²) in [6.45, 7) is -0.517. The second-order valence-corrected chi connectivity index (χ2v) is 8.47. The van der Waals surface area contributed by atoms with Gasteiger partial charge in [-0.1, -0.05) is 48.5 Å². The van der Waals surface area contributed by atoms with Crippen molar-refractivity contribution in [1.29, 1.82) is 0 Å². The molecule has 6 nitrogen and oxygen atoms in total. The molecule has 2 aromatic carbocycles. The highest BCUT2D eigenvalue weighted by Crippen LogP contribution is 2.43. The summed E-state index contributed by atoms with van der Waals surface area (Å²) < 4.78 is 27.7. The van der Waals surface area contributed by atoms with Gasteiger partial charge in [-0.15, -0.1) is 0 Å². The van der Waals surface area contributed by atoms with Crippen molar-refractivity contribution in [2.75, 3.05) is 6.61 Å². The Balaban J connectivity index is 1.92. The fourth-order valence-corrected chi connectivity index (χ4v) is 5.26. The number of aliphatic hydroxyl groups is 1. The van der Waals surface area contributed by atoms with Gasteiger partial charge in [0.05, 0.1) is 23.5 Å². The number of hydrogen-bond donors (Lipinski definition) is 1. The van der Waals surface area contributed by atoms with Crippen molar-refractivity contribution in [3.8, 4) is 0 Å². The van der Waals surface area contributed by atoms with Crippen LogP contribution in [-0.4, -0.2) is 42.0 Å². The number of fused-ring (bicyclic) bond motifs is 1. The number of carbonyl (C=O) groups excluding carboxylic acids is 2. The zero-order chi connectivity index (χ0) is 19.9. The molecular formula is C21H17NO5S. The van der Waals surface area contributed by atoms with Gasteiger partial charge in [0.25, 0.3) is 10.0 Å². The van der Waals surface area contributed by atoms with Crippen LogP contribution >= 0.6 is 0 Å². The maximum absolute atomic E-state index is 13.3. The predicted molar refractivity (Wildman–Crippen MR) is 102 cm³/mol. The minimum Gasteiger partial charge on any atom is -0.392 e. The minimum absolute atomic E-state index is 0.0703.